The van der Waals surface area contributed by atoms with Gasteiger partial charge in [-0.25, -0.2) is 8.42 Å². The largest absolute Gasteiger partial charge is 0.370 e. The molecule has 0 unspecified atom stereocenters. The predicted octanol–water partition coefficient (Wildman–Crippen LogP) is 0.145. The van der Waals surface area contributed by atoms with Crippen LogP contribution in [0.4, 0.5) is 0 Å². The molecule has 0 spiro atoms. The van der Waals surface area contributed by atoms with Gasteiger partial charge in [-0.15, -0.1) is 0 Å². The Balaban J connectivity index is 1.48. The van der Waals surface area contributed by atoms with Crippen LogP contribution >= 0.6 is 0 Å². The van der Waals surface area contributed by atoms with Gasteiger partial charge >= 0.3 is 0 Å². The van der Waals surface area contributed by atoms with E-state index in [9.17, 15) is 13.2 Å². The number of nitrogens with one attached hydrogen (secondary N) is 2. The molecular formula is C21H34N3O4S+. The summed E-state index contributed by atoms with van der Waals surface area (Å²) in [5.74, 6) is 0.524. The van der Waals surface area contributed by atoms with Crippen LogP contribution in [-0.2, 0) is 19.6 Å². The number of quaternary nitrogens is 1. The lowest BCUT2D eigenvalue weighted by Crippen LogP contribution is -3.14. The summed E-state index contributed by atoms with van der Waals surface area (Å²) in [7, 11) is -3.46. The highest BCUT2D eigenvalue weighted by Crippen LogP contribution is 2.31. The predicted molar refractivity (Wildman–Crippen MR) is 111 cm³/mol. The lowest BCUT2D eigenvalue weighted by Gasteiger charge is -2.37. The van der Waals surface area contributed by atoms with Crippen molar-refractivity contribution in [3.63, 3.8) is 0 Å². The molecule has 2 atom stereocenters. The number of amides is 1. The second kappa shape index (κ2) is 10.5. The van der Waals surface area contributed by atoms with Crippen molar-refractivity contribution in [3.8, 4) is 0 Å². The molecule has 0 saturated carbocycles. The Morgan fingerprint density at radius 1 is 1.21 bits per heavy atom. The average molecular weight is 425 g/mol. The van der Waals surface area contributed by atoms with Crippen molar-refractivity contribution < 1.29 is 22.8 Å². The molecular weight excluding hydrogens is 390 g/mol. The van der Waals surface area contributed by atoms with Gasteiger partial charge in [0.1, 0.15) is 13.1 Å². The molecule has 0 bridgehead atoms. The highest BCUT2D eigenvalue weighted by molar-refractivity contribution is 7.89. The quantitative estimate of drug-likeness (QED) is 0.622. The standard InChI is InChI=1S/C21H33N3O4S/c1-2-18-17-24(29(26,27)20-6-4-3-5-7-20)10-8-19(18)16-21(25)22-9-11-23-12-14-28-15-13-23/h3-7,18-19H,2,8-17H2,1H3,(H,22,25)/p+1/t18-,19-/m0/s1. The summed E-state index contributed by atoms with van der Waals surface area (Å²) < 4.78 is 32.8. The lowest BCUT2D eigenvalue weighted by molar-refractivity contribution is -0.906. The fourth-order valence-corrected chi connectivity index (χ4v) is 5.87. The SMILES string of the molecule is CC[C@H]1CN(S(=O)(=O)c2ccccc2)CC[C@H]1CC(=O)NCC[NH+]1CCOCC1. The monoisotopic (exact) mass is 424 g/mol. The molecule has 2 N–H and O–H groups in total. The molecule has 0 aromatic heterocycles. The molecule has 1 amide bonds. The van der Waals surface area contributed by atoms with E-state index in [2.05, 4.69) is 12.2 Å². The number of ether oxygens (including phenoxy) is 1. The molecule has 2 aliphatic heterocycles. The third-order valence-corrected chi connectivity index (χ3v) is 8.09. The third-order valence-electron chi connectivity index (χ3n) is 6.21. The maximum Gasteiger partial charge on any atom is 0.243 e. The van der Waals surface area contributed by atoms with E-state index < -0.39 is 10.0 Å². The van der Waals surface area contributed by atoms with Crippen LogP contribution in [0.1, 0.15) is 26.2 Å². The van der Waals surface area contributed by atoms with Gasteiger partial charge in [0.05, 0.1) is 31.2 Å². The van der Waals surface area contributed by atoms with Gasteiger partial charge in [0, 0.05) is 19.5 Å². The Morgan fingerprint density at radius 3 is 2.62 bits per heavy atom. The first-order valence-corrected chi connectivity index (χ1v) is 12.2. The van der Waals surface area contributed by atoms with Crippen molar-refractivity contribution in [2.24, 2.45) is 11.8 Å². The van der Waals surface area contributed by atoms with E-state index in [0.717, 1.165) is 45.7 Å². The Hall–Kier alpha value is -1.48. The lowest BCUT2D eigenvalue weighted by atomic mass is 9.82. The first-order valence-electron chi connectivity index (χ1n) is 10.7. The first kappa shape index (κ1) is 22.2. The topological polar surface area (TPSA) is 80.2 Å². The average Bonchev–Trinajstić information content (AvgIpc) is 2.75. The van der Waals surface area contributed by atoms with Crippen LogP contribution < -0.4 is 10.2 Å². The van der Waals surface area contributed by atoms with Crippen LogP contribution in [0, 0.1) is 11.8 Å². The summed E-state index contributed by atoms with van der Waals surface area (Å²) in [5, 5.41) is 3.06. The first-order chi connectivity index (χ1) is 14.0. The van der Waals surface area contributed by atoms with Crippen LogP contribution in [0.25, 0.3) is 0 Å². The fraction of sp³-hybridized carbons (Fsp3) is 0.667. The highest BCUT2D eigenvalue weighted by atomic mass is 32.2. The van der Waals surface area contributed by atoms with Crippen LogP contribution in [0.2, 0.25) is 0 Å². The maximum atomic E-state index is 12.9. The molecule has 2 saturated heterocycles. The van der Waals surface area contributed by atoms with Gasteiger partial charge in [0.2, 0.25) is 15.9 Å². The summed E-state index contributed by atoms with van der Waals surface area (Å²) in [6.07, 6.45) is 2.08. The molecule has 3 rings (SSSR count). The van der Waals surface area contributed by atoms with Crippen molar-refractivity contribution in [3.05, 3.63) is 30.3 Å². The van der Waals surface area contributed by atoms with E-state index in [-0.39, 0.29) is 17.7 Å². The minimum Gasteiger partial charge on any atom is -0.370 e. The Labute approximate surface area is 174 Å². The van der Waals surface area contributed by atoms with Gasteiger partial charge < -0.3 is 15.0 Å². The molecule has 2 aliphatic rings. The number of piperidine rings is 1. The smallest absolute Gasteiger partial charge is 0.243 e. The molecule has 162 valence electrons. The van der Waals surface area contributed by atoms with Gasteiger partial charge in [-0.3, -0.25) is 4.79 Å². The van der Waals surface area contributed by atoms with E-state index in [1.165, 1.54) is 4.90 Å². The van der Waals surface area contributed by atoms with Gasteiger partial charge in [-0.05, 0) is 30.4 Å². The second-order valence-corrected chi connectivity index (χ2v) is 10.00. The second-order valence-electron chi connectivity index (χ2n) is 8.06. The highest BCUT2D eigenvalue weighted by Gasteiger charge is 2.35. The number of rotatable bonds is 8. The van der Waals surface area contributed by atoms with E-state index in [1.807, 2.05) is 6.07 Å². The molecule has 1 aromatic rings. The number of morpholine rings is 1. The van der Waals surface area contributed by atoms with Gasteiger partial charge in [-0.1, -0.05) is 31.5 Å². The zero-order valence-electron chi connectivity index (χ0n) is 17.3. The molecule has 7 nitrogen and oxygen atoms in total. The van der Waals surface area contributed by atoms with Crippen molar-refractivity contribution in [2.75, 3.05) is 52.5 Å². The zero-order valence-corrected chi connectivity index (χ0v) is 18.1. The van der Waals surface area contributed by atoms with Crippen LogP contribution in [0.3, 0.4) is 0 Å². The van der Waals surface area contributed by atoms with Crippen molar-refractivity contribution in [2.45, 2.75) is 31.1 Å². The number of nitrogens with zero attached hydrogens (tertiary/aromatic N) is 1. The Morgan fingerprint density at radius 2 is 1.93 bits per heavy atom. The summed E-state index contributed by atoms with van der Waals surface area (Å²) in [6.45, 7) is 8.26. The van der Waals surface area contributed by atoms with Crippen LogP contribution in [0.15, 0.2) is 35.2 Å². The van der Waals surface area contributed by atoms with E-state index in [1.54, 1.807) is 28.6 Å². The molecule has 2 heterocycles. The third kappa shape index (κ3) is 6.01. The summed E-state index contributed by atoms with van der Waals surface area (Å²) >= 11 is 0. The number of hydrogen-bond donors (Lipinski definition) is 2. The van der Waals surface area contributed by atoms with Crippen molar-refractivity contribution in [1.82, 2.24) is 9.62 Å². The molecule has 0 radical (unpaired) electrons. The molecule has 8 heteroatoms. The van der Waals surface area contributed by atoms with Crippen molar-refractivity contribution in [1.29, 1.82) is 0 Å². The van der Waals surface area contributed by atoms with E-state index in [0.29, 0.717) is 31.0 Å². The van der Waals surface area contributed by atoms with Gasteiger partial charge in [-0.2, -0.15) is 4.31 Å². The maximum absolute atomic E-state index is 12.9. The summed E-state index contributed by atoms with van der Waals surface area (Å²) in [5.41, 5.74) is 0. The number of hydrogen-bond acceptors (Lipinski definition) is 4. The van der Waals surface area contributed by atoms with Gasteiger partial charge in [0.15, 0.2) is 0 Å². The molecule has 0 aliphatic carbocycles. The minimum atomic E-state index is -3.46. The number of carbonyl (C=O) groups excluding carboxylic acids is 1. The van der Waals surface area contributed by atoms with E-state index in [4.69, 9.17) is 4.74 Å². The fourth-order valence-electron chi connectivity index (χ4n) is 4.34. The minimum absolute atomic E-state index is 0.0838. The molecule has 29 heavy (non-hydrogen) atoms. The summed E-state index contributed by atoms with van der Waals surface area (Å²) in [4.78, 5) is 14.3. The van der Waals surface area contributed by atoms with Crippen molar-refractivity contribution >= 4 is 15.9 Å². The zero-order chi connectivity index (χ0) is 20.7. The number of benzene rings is 1. The van der Waals surface area contributed by atoms with E-state index >= 15 is 0 Å². The Bertz CT molecular complexity index is 750. The normalized spacial score (nSPS) is 24.3. The Kier molecular flexibility index (Phi) is 8.06. The van der Waals surface area contributed by atoms with Gasteiger partial charge in [0.25, 0.3) is 0 Å². The number of sulfonamides is 1. The van der Waals surface area contributed by atoms with Crippen LogP contribution in [0.5, 0.6) is 0 Å². The number of carbonyl (C=O) groups is 1. The summed E-state index contributed by atoms with van der Waals surface area (Å²) in [6, 6.07) is 8.61. The molecule has 1 aromatic carbocycles. The van der Waals surface area contributed by atoms with Crippen LogP contribution in [-0.4, -0.2) is 71.1 Å². The molecule has 2 fully saturated rings.